The van der Waals surface area contributed by atoms with Gasteiger partial charge in [-0.2, -0.15) is 0 Å². The van der Waals surface area contributed by atoms with Crippen LogP contribution in [0.25, 0.3) is 0 Å². The molecule has 2 saturated carbocycles. The third-order valence-corrected chi connectivity index (χ3v) is 6.59. The predicted molar refractivity (Wildman–Crippen MR) is 70.4 cm³/mol. The molecule has 0 amide bonds. The van der Waals surface area contributed by atoms with Crippen LogP contribution < -0.4 is 5.32 Å². The molecule has 1 heteroatoms. The Morgan fingerprint density at radius 2 is 1.88 bits per heavy atom. The number of fused-ring (bicyclic) bond motifs is 2. The van der Waals surface area contributed by atoms with Gasteiger partial charge in [-0.05, 0) is 55.9 Å². The highest BCUT2D eigenvalue weighted by atomic mass is 15.0. The lowest BCUT2D eigenvalue weighted by Crippen LogP contribution is -2.58. The minimum absolute atomic E-state index is 0.363. The largest absolute Gasteiger partial charge is 0.314 e. The van der Waals surface area contributed by atoms with Gasteiger partial charge in [-0.1, -0.05) is 34.1 Å². The van der Waals surface area contributed by atoms with E-state index in [1.807, 2.05) is 0 Å². The zero-order valence-corrected chi connectivity index (χ0v) is 11.9. The van der Waals surface area contributed by atoms with Gasteiger partial charge in [0.25, 0.3) is 0 Å². The lowest BCUT2D eigenvalue weighted by Gasteiger charge is -2.51. The van der Waals surface area contributed by atoms with Crippen molar-refractivity contribution in [3.05, 3.63) is 0 Å². The van der Waals surface area contributed by atoms with Crippen molar-refractivity contribution in [1.82, 2.24) is 5.32 Å². The topological polar surface area (TPSA) is 12.0 Å². The zero-order valence-electron chi connectivity index (χ0n) is 11.9. The Balaban J connectivity index is 2.25. The maximum Gasteiger partial charge on any atom is 0.0232 e. The number of hydrogen-bond acceptors (Lipinski definition) is 1. The van der Waals surface area contributed by atoms with Crippen molar-refractivity contribution < 1.29 is 0 Å². The first-order valence-corrected chi connectivity index (χ1v) is 7.07. The van der Waals surface area contributed by atoms with Gasteiger partial charge in [-0.3, -0.25) is 0 Å². The summed E-state index contributed by atoms with van der Waals surface area (Å²) in [4.78, 5) is 0. The molecule has 0 heterocycles. The maximum atomic E-state index is 3.64. The number of nitrogens with one attached hydrogen (secondary N) is 1. The van der Waals surface area contributed by atoms with E-state index in [0.717, 1.165) is 23.7 Å². The summed E-state index contributed by atoms with van der Waals surface area (Å²) in [6.45, 7) is 12.2. The van der Waals surface area contributed by atoms with Crippen LogP contribution in [0.5, 0.6) is 0 Å². The second kappa shape index (κ2) is 3.73. The van der Waals surface area contributed by atoms with Gasteiger partial charge in [-0.15, -0.1) is 0 Å². The van der Waals surface area contributed by atoms with Gasteiger partial charge in [0.05, 0.1) is 0 Å². The second-order valence-corrected chi connectivity index (χ2v) is 7.00. The van der Waals surface area contributed by atoms with E-state index in [9.17, 15) is 0 Å². The molecule has 2 bridgehead atoms. The Morgan fingerprint density at radius 1 is 1.25 bits per heavy atom. The van der Waals surface area contributed by atoms with Crippen molar-refractivity contribution in [3.63, 3.8) is 0 Å². The summed E-state index contributed by atoms with van der Waals surface area (Å²) in [7, 11) is 2.15. The van der Waals surface area contributed by atoms with E-state index >= 15 is 0 Å². The zero-order chi connectivity index (χ0) is 12.1. The first-order valence-electron chi connectivity index (χ1n) is 7.07. The Bertz CT molecular complexity index is 271. The molecule has 0 saturated heterocycles. The molecular weight excluding hydrogens is 194 g/mol. The fraction of sp³-hybridized carbons (Fsp3) is 1.00. The molecule has 0 spiro atoms. The third-order valence-electron chi connectivity index (χ3n) is 6.59. The van der Waals surface area contributed by atoms with Gasteiger partial charge in [0.2, 0.25) is 0 Å². The molecule has 0 aromatic carbocycles. The number of rotatable bonds is 3. The average molecular weight is 223 g/mol. The monoisotopic (exact) mass is 223 g/mol. The van der Waals surface area contributed by atoms with Gasteiger partial charge in [0.1, 0.15) is 0 Å². The Hall–Kier alpha value is -0.0400. The summed E-state index contributed by atoms with van der Waals surface area (Å²) in [5, 5.41) is 3.64. The van der Waals surface area contributed by atoms with Crippen LogP contribution in [0.3, 0.4) is 0 Å². The highest BCUT2D eigenvalue weighted by molar-refractivity contribution is 5.16. The van der Waals surface area contributed by atoms with Crippen LogP contribution in [0.1, 0.15) is 53.9 Å². The lowest BCUT2D eigenvalue weighted by molar-refractivity contribution is 0.0185. The molecule has 2 aliphatic rings. The summed E-state index contributed by atoms with van der Waals surface area (Å²) in [6, 6.07) is 0. The van der Waals surface area contributed by atoms with Crippen LogP contribution in [0.2, 0.25) is 0 Å². The first-order chi connectivity index (χ1) is 7.38. The summed E-state index contributed by atoms with van der Waals surface area (Å²) in [6.07, 6.45) is 4.26. The lowest BCUT2D eigenvalue weighted by atomic mass is 9.58. The average Bonchev–Trinajstić information content (AvgIpc) is 2.77. The molecule has 94 valence electrons. The third kappa shape index (κ3) is 1.33. The highest BCUT2D eigenvalue weighted by Gasteiger charge is 2.63. The molecule has 0 radical (unpaired) electrons. The van der Waals surface area contributed by atoms with E-state index < -0.39 is 0 Å². The molecule has 5 unspecified atom stereocenters. The van der Waals surface area contributed by atoms with Crippen LogP contribution in [0.15, 0.2) is 0 Å². The molecule has 2 aliphatic carbocycles. The fourth-order valence-corrected chi connectivity index (χ4v) is 4.74. The molecule has 2 fully saturated rings. The summed E-state index contributed by atoms with van der Waals surface area (Å²) < 4.78 is 0. The van der Waals surface area contributed by atoms with Crippen LogP contribution >= 0.6 is 0 Å². The van der Waals surface area contributed by atoms with Crippen LogP contribution in [0, 0.1) is 29.1 Å². The van der Waals surface area contributed by atoms with Crippen molar-refractivity contribution in [1.29, 1.82) is 0 Å². The quantitative estimate of drug-likeness (QED) is 0.769. The SMILES string of the molecule is CCC(C)C1CC2CC1C(C)(C)C2(C)NC. The van der Waals surface area contributed by atoms with Crippen molar-refractivity contribution >= 4 is 0 Å². The van der Waals surface area contributed by atoms with E-state index in [-0.39, 0.29) is 0 Å². The summed E-state index contributed by atoms with van der Waals surface area (Å²) in [5.41, 5.74) is 0.820. The predicted octanol–water partition coefficient (Wildman–Crippen LogP) is 3.69. The molecule has 1 nitrogen and oxygen atoms in total. The molecule has 16 heavy (non-hydrogen) atoms. The van der Waals surface area contributed by atoms with E-state index in [4.69, 9.17) is 0 Å². The van der Waals surface area contributed by atoms with Gasteiger partial charge < -0.3 is 5.32 Å². The van der Waals surface area contributed by atoms with Crippen LogP contribution in [0.4, 0.5) is 0 Å². The fourth-order valence-electron chi connectivity index (χ4n) is 4.74. The highest BCUT2D eigenvalue weighted by Crippen LogP contribution is 2.64. The molecular formula is C15H29N. The van der Waals surface area contributed by atoms with E-state index in [2.05, 4.69) is 47.0 Å². The Labute approximate surface area is 101 Å². The van der Waals surface area contributed by atoms with Gasteiger partial charge in [0.15, 0.2) is 0 Å². The number of hydrogen-bond donors (Lipinski definition) is 1. The van der Waals surface area contributed by atoms with Crippen molar-refractivity contribution in [3.8, 4) is 0 Å². The van der Waals surface area contributed by atoms with E-state index in [0.29, 0.717) is 11.0 Å². The maximum absolute atomic E-state index is 3.64. The van der Waals surface area contributed by atoms with E-state index in [1.54, 1.807) is 0 Å². The molecule has 0 aromatic rings. The standard InChI is InChI=1S/C15H29N/c1-7-10(2)12-8-11-9-13(12)14(3,4)15(11,5)16-6/h10-13,16H,7-9H2,1-6H3. The normalized spacial score (nSPS) is 47.2. The van der Waals surface area contributed by atoms with Crippen molar-refractivity contribution in [2.24, 2.45) is 29.1 Å². The molecule has 0 aliphatic heterocycles. The van der Waals surface area contributed by atoms with Crippen LogP contribution in [-0.4, -0.2) is 12.6 Å². The minimum atomic E-state index is 0.363. The second-order valence-electron chi connectivity index (χ2n) is 7.00. The smallest absolute Gasteiger partial charge is 0.0232 e. The van der Waals surface area contributed by atoms with Gasteiger partial charge in [-0.25, -0.2) is 0 Å². The summed E-state index contributed by atoms with van der Waals surface area (Å²) in [5.74, 6) is 3.73. The molecule has 2 rings (SSSR count). The molecule has 1 N–H and O–H groups in total. The Kier molecular flexibility index (Phi) is 2.89. The molecule has 0 aromatic heterocycles. The van der Waals surface area contributed by atoms with Gasteiger partial charge >= 0.3 is 0 Å². The van der Waals surface area contributed by atoms with Crippen molar-refractivity contribution in [2.75, 3.05) is 7.05 Å². The minimum Gasteiger partial charge on any atom is -0.314 e. The van der Waals surface area contributed by atoms with Crippen LogP contribution in [-0.2, 0) is 0 Å². The van der Waals surface area contributed by atoms with Crippen molar-refractivity contribution in [2.45, 2.75) is 59.4 Å². The summed E-state index contributed by atoms with van der Waals surface area (Å²) >= 11 is 0. The van der Waals surface area contributed by atoms with E-state index in [1.165, 1.54) is 19.3 Å². The Morgan fingerprint density at radius 3 is 2.31 bits per heavy atom. The first kappa shape index (κ1) is 12.4. The molecule has 5 atom stereocenters. The van der Waals surface area contributed by atoms with Gasteiger partial charge in [0, 0.05) is 5.54 Å².